The number of alkyl halides is 1. The van der Waals surface area contributed by atoms with E-state index in [1.54, 1.807) is 11.3 Å². The van der Waals surface area contributed by atoms with E-state index in [1.807, 2.05) is 11.4 Å². The monoisotopic (exact) mass is 301 g/mol. The minimum Gasteiger partial charge on any atom is -0.345 e. The van der Waals surface area contributed by atoms with E-state index in [1.165, 1.54) is 6.42 Å². The average Bonchev–Trinajstić information content (AvgIpc) is 2.71. The summed E-state index contributed by atoms with van der Waals surface area (Å²) in [7, 11) is 0. The maximum atomic E-state index is 12.1. The summed E-state index contributed by atoms with van der Waals surface area (Å²) in [6.07, 6.45) is 4.33. The molecule has 88 valence electrons. The van der Waals surface area contributed by atoms with Crippen LogP contribution in [0.4, 0.5) is 0 Å². The Kier molecular flexibility index (Phi) is 3.70. The standard InChI is InChI=1S/C12H16BrNOS/c1-2-9-4-7-16-10(9)11(15)14-12(8-13)5-3-6-12/h4,7H,2-3,5-6,8H2,1H3,(H,14,15). The number of halogens is 1. The largest absolute Gasteiger partial charge is 0.345 e. The molecule has 1 fully saturated rings. The fraction of sp³-hybridized carbons (Fsp3) is 0.583. The first-order valence-corrected chi connectivity index (χ1v) is 7.66. The zero-order valence-corrected chi connectivity index (χ0v) is 11.8. The summed E-state index contributed by atoms with van der Waals surface area (Å²) >= 11 is 5.04. The van der Waals surface area contributed by atoms with Crippen molar-refractivity contribution in [2.75, 3.05) is 5.33 Å². The highest BCUT2D eigenvalue weighted by Gasteiger charge is 2.37. The van der Waals surface area contributed by atoms with Gasteiger partial charge in [-0.25, -0.2) is 0 Å². The van der Waals surface area contributed by atoms with Crippen LogP contribution in [0, 0.1) is 0 Å². The molecule has 2 rings (SSSR count). The van der Waals surface area contributed by atoms with Crippen molar-refractivity contribution in [3.05, 3.63) is 21.9 Å². The molecule has 1 heterocycles. The van der Waals surface area contributed by atoms with Crippen molar-refractivity contribution in [1.82, 2.24) is 5.32 Å². The van der Waals surface area contributed by atoms with Crippen LogP contribution in [0.2, 0.25) is 0 Å². The molecule has 1 aliphatic rings. The van der Waals surface area contributed by atoms with Crippen LogP contribution in [0.5, 0.6) is 0 Å². The van der Waals surface area contributed by atoms with E-state index in [0.717, 1.165) is 35.0 Å². The molecule has 4 heteroatoms. The molecule has 2 nitrogen and oxygen atoms in total. The van der Waals surface area contributed by atoms with Gasteiger partial charge < -0.3 is 5.32 Å². The number of carbonyl (C=O) groups excluding carboxylic acids is 1. The lowest BCUT2D eigenvalue weighted by Gasteiger charge is -2.41. The molecule has 1 aromatic heterocycles. The predicted molar refractivity (Wildman–Crippen MR) is 71.5 cm³/mol. The van der Waals surface area contributed by atoms with Gasteiger partial charge in [-0.15, -0.1) is 11.3 Å². The van der Waals surface area contributed by atoms with Crippen LogP contribution in [-0.2, 0) is 6.42 Å². The zero-order valence-electron chi connectivity index (χ0n) is 9.38. The van der Waals surface area contributed by atoms with Crippen LogP contribution in [0.1, 0.15) is 41.4 Å². The highest BCUT2D eigenvalue weighted by atomic mass is 79.9. The van der Waals surface area contributed by atoms with Crippen molar-refractivity contribution in [2.45, 2.75) is 38.1 Å². The normalized spacial score (nSPS) is 17.9. The minimum atomic E-state index is 0.0199. The molecule has 0 aromatic carbocycles. The van der Waals surface area contributed by atoms with E-state index in [0.29, 0.717) is 0 Å². The smallest absolute Gasteiger partial charge is 0.262 e. The van der Waals surface area contributed by atoms with Gasteiger partial charge in [-0.3, -0.25) is 4.79 Å². The SMILES string of the molecule is CCc1ccsc1C(=O)NC1(CBr)CCC1. The van der Waals surface area contributed by atoms with Gasteiger partial charge >= 0.3 is 0 Å². The van der Waals surface area contributed by atoms with Crippen LogP contribution in [0.25, 0.3) is 0 Å². The maximum Gasteiger partial charge on any atom is 0.262 e. The van der Waals surface area contributed by atoms with Gasteiger partial charge in [0.05, 0.1) is 10.4 Å². The maximum absolute atomic E-state index is 12.1. The summed E-state index contributed by atoms with van der Waals surface area (Å²) in [4.78, 5) is 13.0. The van der Waals surface area contributed by atoms with E-state index < -0.39 is 0 Å². The summed E-state index contributed by atoms with van der Waals surface area (Å²) in [6.45, 7) is 2.09. The number of nitrogens with one attached hydrogen (secondary N) is 1. The molecule has 0 radical (unpaired) electrons. The van der Waals surface area contributed by atoms with Gasteiger partial charge in [0.2, 0.25) is 0 Å². The molecule has 1 aliphatic carbocycles. The molecule has 0 aliphatic heterocycles. The van der Waals surface area contributed by atoms with Gasteiger partial charge in [-0.1, -0.05) is 22.9 Å². The number of aryl methyl sites for hydroxylation is 1. The summed E-state index contributed by atoms with van der Waals surface area (Å²) in [5, 5.41) is 6.04. The molecule has 0 bridgehead atoms. The number of thiophene rings is 1. The minimum absolute atomic E-state index is 0.0199. The van der Waals surface area contributed by atoms with Crippen LogP contribution in [0.3, 0.4) is 0 Å². The van der Waals surface area contributed by atoms with Gasteiger partial charge in [-0.2, -0.15) is 0 Å². The Morgan fingerprint density at radius 3 is 2.88 bits per heavy atom. The van der Waals surface area contributed by atoms with Crippen molar-refractivity contribution in [3.63, 3.8) is 0 Å². The Hall–Kier alpha value is -0.350. The van der Waals surface area contributed by atoms with Gasteiger partial charge in [0, 0.05) is 5.33 Å². The third-order valence-corrected chi connectivity index (χ3v) is 5.31. The van der Waals surface area contributed by atoms with Crippen molar-refractivity contribution < 1.29 is 4.79 Å². The summed E-state index contributed by atoms with van der Waals surface area (Å²) in [5.41, 5.74) is 1.18. The molecule has 1 aromatic rings. The van der Waals surface area contributed by atoms with Crippen LogP contribution in [-0.4, -0.2) is 16.8 Å². The predicted octanol–water partition coefficient (Wildman–Crippen LogP) is 3.36. The first-order chi connectivity index (χ1) is 7.71. The van der Waals surface area contributed by atoms with Crippen molar-refractivity contribution in [1.29, 1.82) is 0 Å². The third-order valence-electron chi connectivity index (χ3n) is 3.28. The third kappa shape index (κ3) is 2.18. The van der Waals surface area contributed by atoms with E-state index in [2.05, 4.69) is 28.2 Å². The number of hydrogen-bond acceptors (Lipinski definition) is 2. The molecular weight excluding hydrogens is 286 g/mol. The van der Waals surface area contributed by atoms with Crippen LogP contribution >= 0.6 is 27.3 Å². The highest BCUT2D eigenvalue weighted by Crippen LogP contribution is 2.34. The van der Waals surface area contributed by atoms with Crippen molar-refractivity contribution in [3.8, 4) is 0 Å². The van der Waals surface area contributed by atoms with E-state index in [4.69, 9.17) is 0 Å². The molecule has 0 atom stereocenters. The Morgan fingerprint density at radius 1 is 1.62 bits per heavy atom. The fourth-order valence-electron chi connectivity index (χ4n) is 2.01. The Labute approximate surface area is 109 Å². The first-order valence-electron chi connectivity index (χ1n) is 5.65. The Bertz CT molecular complexity index is 379. The number of amides is 1. The molecule has 1 saturated carbocycles. The molecule has 16 heavy (non-hydrogen) atoms. The number of hydrogen-bond donors (Lipinski definition) is 1. The molecule has 0 spiro atoms. The van der Waals surface area contributed by atoms with Gasteiger partial charge in [0.1, 0.15) is 0 Å². The molecule has 0 unspecified atom stereocenters. The lowest BCUT2D eigenvalue weighted by atomic mass is 9.78. The second kappa shape index (κ2) is 4.88. The van der Waals surface area contributed by atoms with Crippen LogP contribution < -0.4 is 5.32 Å². The average molecular weight is 302 g/mol. The van der Waals surface area contributed by atoms with Crippen molar-refractivity contribution in [2.24, 2.45) is 0 Å². The Morgan fingerprint density at radius 2 is 2.38 bits per heavy atom. The van der Waals surface area contributed by atoms with E-state index in [9.17, 15) is 4.79 Å². The van der Waals surface area contributed by atoms with Gasteiger partial charge in [-0.05, 0) is 42.7 Å². The molecular formula is C12H16BrNOS. The van der Waals surface area contributed by atoms with Crippen molar-refractivity contribution >= 4 is 33.2 Å². The fourth-order valence-corrected chi connectivity index (χ4v) is 3.60. The molecule has 0 saturated heterocycles. The molecule has 1 N–H and O–H groups in total. The zero-order chi connectivity index (χ0) is 11.6. The lowest BCUT2D eigenvalue weighted by molar-refractivity contribution is 0.0860. The summed E-state index contributed by atoms with van der Waals surface area (Å²) in [6, 6.07) is 2.04. The van der Waals surface area contributed by atoms with E-state index in [-0.39, 0.29) is 11.4 Å². The van der Waals surface area contributed by atoms with Crippen LogP contribution in [0.15, 0.2) is 11.4 Å². The second-order valence-electron chi connectivity index (χ2n) is 4.35. The van der Waals surface area contributed by atoms with E-state index >= 15 is 0 Å². The van der Waals surface area contributed by atoms with Gasteiger partial charge in [0.15, 0.2) is 0 Å². The highest BCUT2D eigenvalue weighted by molar-refractivity contribution is 9.09. The summed E-state index contributed by atoms with van der Waals surface area (Å²) < 4.78 is 0. The molecule has 1 amide bonds. The number of carbonyl (C=O) groups is 1. The Balaban J connectivity index is 2.08. The number of rotatable bonds is 4. The first kappa shape index (κ1) is 12.1. The lowest BCUT2D eigenvalue weighted by Crippen LogP contribution is -2.54. The van der Waals surface area contributed by atoms with Gasteiger partial charge in [0.25, 0.3) is 5.91 Å². The summed E-state index contributed by atoms with van der Waals surface area (Å²) in [5.74, 6) is 0.103. The topological polar surface area (TPSA) is 29.1 Å². The second-order valence-corrected chi connectivity index (χ2v) is 5.83. The quantitative estimate of drug-likeness (QED) is 0.849.